The molecule has 4 heterocycles. The minimum Gasteiger partial charge on any atom is -0.503 e. The van der Waals surface area contributed by atoms with E-state index in [0.29, 0.717) is 37.9 Å². The van der Waals surface area contributed by atoms with Crippen molar-refractivity contribution in [1.82, 2.24) is 14.8 Å². The van der Waals surface area contributed by atoms with E-state index < -0.39 is 29.2 Å². The Balaban J connectivity index is 1.40. The van der Waals surface area contributed by atoms with Gasteiger partial charge in [0, 0.05) is 19.3 Å². The van der Waals surface area contributed by atoms with Crippen LogP contribution in [0.25, 0.3) is 0 Å². The number of rotatable bonds is 3. The number of carbonyl (C=O) groups excluding carboxylic acids is 2. The first-order chi connectivity index (χ1) is 14.9. The molecule has 1 atom stereocenters. The Kier molecular flexibility index (Phi) is 4.58. The molecule has 10 nitrogen and oxygen atoms in total. The summed E-state index contributed by atoms with van der Waals surface area (Å²) in [5.41, 5.74) is 0.472. The third-order valence-corrected chi connectivity index (χ3v) is 5.75. The van der Waals surface area contributed by atoms with Gasteiger partial charge in [0.1, 0.15) is 18.8 Å². The van der Waals surface area contributed by atoms with E-state index in [-0.39, 0.29) is 24.3 Å². The van der Waals surface area contributed by atoms with E-state index in [4.69, 9.17) is 14.2 Å². The Labute approximate surface area is 176 Å². The van der Waals surface area contributed by atoms with E-state index in [1.54, 1.807) is 6.07 Å². The molecule has 1 aromatic carbocycles. The lowest BCUT2D eigenvalue weighted by molar-refractivity contribution is 0.00845. The highest BCUT2D eigenvalue weighted by molar-refractivity contribution is 5.99. The number of carbonyl (C=O) groups is 2. The molecule has 10 heteroatoms. The average molecular weight is 427 g/mol. The highest BCUT2D eigenvalue weighted by atomic mass is 16.6. The number of pyridine rings is 1. The summed E-state index contributed by atoms with van der Waals surface area (Å²) in [6.07, 6.45) is 0.832. The molecule has 5 rings (SSSR count). The molecule has 0 bridgehead atoms. The average Bonchev–Trinajstić information content (AvgIpc) is 3.23. The van der Waals surface area contributed by atoms with E-state index in [1.807, 2.05) is 13.0 Å². The summed E-state index contributed by atoms with van der Waals surface area (Å²) in [7, 11) is 0. The normalized spacial score (nSPS) is 19.1. The van der Waals surface area contributed by atoms with Crippen molar-refractivity contribution in [3.05, 3.63) is 50.9 Å². The molecule has 2 amide bonds. The van der Waals surface area contributed by atoms with Gasteiger partial charge in [-0.15, -0.1) is 0 Å². The van der Waals surface area contributed by atoms with Gasteiger partial charge in [0.25, 0.3) is 11.8 Å². The van der Waals surface area contributed by atoms with Crippen molar-refractivity contribution < 1.29 is 28.9 Å². The molecule has 1 saturated heterocycles. The summed E-state index contributed by atoms with van der Waals surface area (Å²) in [6.45, 7) is 4.00. The van der Waals surface area contributed by atoms with Crippen LogP contribution in [0, 0.1) is 6.92 Å². The third kappa shape index (κ3) is 3.19. The SMILES string of the molecule is Cc1cc2c(cc1CNC(=O)c1cn3c(c(O)c1=O)C(=O)N1CCOC1C3)OCCO2. The van der Waals surface area contributed by atoms with Crippen LogP contribution in [-0.4, -0.2) is 59.0 Å². The van der Waals surface area contributed by atoms with Gasteiger partial charge in [-0.25, -0.2) is 0 Å². The molecule has 0 saturated carbocycles. The van der Waals surface area contributed by atoms with E-state index in [1.165, 1.54) is 15.7 Å². The van der Waals surface area contributed by atoms with Crippen LogP contribution < -0.4 is 20.2 Å². The first-order valence-electron chi connectivity index (χ1n) is 10.0. The maximum absolute atomic E-state index is 12.8. The quantitative estimate of drug-likeness (QED) is 0.727. The van der Waals surface area contributed by atoms with Crippen molar-refractivity contribution in [3.8, 4) is 17.2 Å². The summed E-state index contributed by atoms with van der Waals surface area (Å²) in [6, 6.07) is 3.64. The van der Waals surface area contributed by atoms with Crippen LogP contribution in [0.3, 0.4) is 0 Å². The smallest absolute Gasteiger partial charge is 0.276 e. The first-order valence-corrected chi connectivity index (χ1v) is 10.0. The van der Waals surface area contributed by atoms with Crippen molar-refractivity contribution in [1.29, 1.82) is 0 Å². The minimum atomic E-state index is -0.880. The molecule has 0 aliphatic carbocycles. The van der Waals surface area contributed by atoms with Gasteiger partial charge >= 0.3 is 0 Å². The van der Waals surface area contributed by atoms with Gasteiger partial charge in [0.2, 0.25) is 5.43 Å². The lowest BCUT2D eigenvalue weighted by Crippen LogP contribution is -2.46. The minimum absolute atomic E-state index is 0.119. The van der Waals surface area contributed by atoms with E-state index >= 15 is 0 Å². The number of nitrogens with one attached hydrogen (secondary N) is 1. The molecule has 1 aromatic heterocycles. The van der Waals surface area contributed by atoms with Gasteiger partial charge in [-0.1, -0.05) is 0 Å². The van der Waals surface area contributed by atoms with Crippen molar-refractivity contribution in [2.45, 2.75) is 26.2 Å². The number of aromatic nitrogens is 1. The van der Waals surface area contributed by atoms with E-state index in [0.717, 1.165) is 11.1 Å². The molecule has 0 spiro atoms. The molecule has 3 aliphatic rings. The second-order valence-electron chi connectivity index (χ2n) is 7.65. The van der Waals surface area contributed by atoms with Gasteiger partial charge in [0.15, 0.2) is 29.2 Å². The molecule has 1 unspecified atom stereocenters. The van der Waals surface area contributed by atoms with Crippen molar-refractivity contribution >= 4 is 11.8 Å². The maximum Gasteiger partial charge on any atom is 0.276 e. The topological polar surface area (TPSA) is 119 Å². The number of hydrogen-bond donors (Lipinski definition) is 2. The Morgan fingerprint density at radius 2 is 1.94 bits per heavy atom. The van der Waals surface area contributed by atoms with Crippen LogP contribution in [0.1, 0.15) is 32.0 Å². The van der Waals surface area contributed by atoms with Crippen LogP contribution in [0.15, 0.2) is 23.1 Å². The van der Waals surface area contributed by atoms with Crippen LogP contribution in [0.2, 0.25) is 0 Å². The number of ether oxygens (including phenoxy) is 3. The molecule has 3 aliphatic heterocycles. The summed E-state index contributed by atoms with van der Waals surface area (Å²) < 4.78 is 18.1. The highest BCUT2D eigenvalue weighted by Gasteiger charge is 2.39. The van der Waals surface area contributed by atoms with Crippen LogP contribution in [0.4, 0.5) is 0 Å². The number of nitrogens with zero attached hydrogens (tertiary/aromatic N) is 2. The van der Waals surface area contributed by atoms with Gasteiger partial charge in [-0.2, -0.15) is 0 Å². The monoisotopic (exact) mass is 427 g/mol. The van der Waals surface area contributed by atoms with Crippen molar-refractivity contribution in [2.24, 2.45) is 0 Å². The molecular formula is C21H21N3O7. The number of fused-ring (bicyclic) bond motifs is 3. The summed E-state index contributed by atoms with van der Waals surface area (Å²) in [5, 5.41) is 13.1. The predicted octanol–water partition coefficient (Wildman–Crippen LogP) is 0.376. The number of hydrogen-bond acceptors (Lipinski definition) is 7. The molecule has 31 heavy (non-hydrogen) atoms. The zero-order valence-corrected chi connectivity index (χ0v) is 16.8. The van der Waals surface area contributed by atoms with Gasteiger partial charge in [0.05, 0.1) is 13.2 Å². The summed E-state index contributed by atoms with van der Waals surface area (Å²) >= 11 is 0. The molecule has 162 valence electrons. The molecular weight excluding hydrogens is 406 g/mol. The molecule has 1 fully saturated rings. The lowest BCUT2D eigenvalue weighted by atomic mass is 10.1. The fourth-order valence-electron chi connectivity index (χ4n) is 4.08. The summed E-state index contributed by atoms with van der Waals surface area (Å²) in [5.74, 6) is -0.593. The van der Waals surface area contributed by atoms with Gasteiger partial charge in [-0.05, 0) is 30.2 Å². The van der Waals surface area contributed by atoms with E-state index in [2.05, 4.69) is 5.32 Å². The number of benzene rings is 1. The lowest BCUT2D eigenvalue weighted by Gasteiger charge is -2.31. The predicted molar refractivity (Wildman–Crippen MR) is 106 cm³/mol. The number of amides is 2. The molecule has 2 N–H and O–H groups in total. The van der Waals surface area contributed by atoms with Crippen molar-refractivity contribution in [2.75, 3.05) is 26.4 Å². The standard InChI is InChI=1S/C21H21N3O7/c1-11-6-14-15(30-5-4-29-14)7-12(11)8-22-20(27)13-9-23-10-16-24(2-3-31-16)21(28)17(23)19(26)18(13)25/h6-7,9,16,26H,2-5,8,10H2,1H3,(H,22,27). The molecule has 0 radical (unpaired) electrons. The second kappa shape index (κ2) is 7.31. The zero-order chi connectivity index (χ0) is 21.7. The second-order valence-corrected chi connectivity index (χ2v) is 7.65. The third-order valence-electron chi connectivity index (χ3n) is 5.75. The zero-order valence-electron chi connectivity index (χ0n) is 16.8. The van der Waals surface area contributed by atoms with Crippen LogP contribution in [0.5, 0.6) is 17.2 Å². The fraction of sp³-hybridized carbons (Fsp3) is 0.381. The first kappa shape index (κ1) is 19.4. The Morgan fingerprint density at radius 3 is 2.71 bits per heavy atom. The van der Waals surface area contributed by atoms with Gasteiger partial charge in [-0.3, -0.25) is 14.4 Å². The Morgan fingerprint density at radius 1 is 1.19 bits per heavy atom. The Bertz CT molecular complexity index is 1160. The number of aromatic hydroxyl groups is 1. The van der Waals surface area contributed by atoms with Crippen molar-refractivity contribution in [3.63, 3.8) is 0 Å². The van der Waals surface area contributed by atoms with E-state index in [9.17, 15) is 19.5 Å². The van der Waals surface area contributed by atoms with Crippen LogP contribution in [-0.2, 0) is 17.8 Å². The van der Waals surface area contributed by atoms with Crippen LogP contribution >= 0.6 is 0 Å². The Hall–Kier alpha value is -3.53. The largest absolute Gasteiger partial charge is 0.503 e. The molecule has 2 aromatic rings. The summed E-state index contributed by atoms with van der Waals surface area (Å²) in [4.78, 5) is 39.5. The highest BCUT2D eigenvalue weighted by Crippen LogP contribution is 2.33. The fourth-order valence-corrected chi connectivity index (χ4v) is 4.08. The maximum atomic E-state index is 12.8. The number of aryl methyl sites for hydroxylation is 1. The van der Waals surface area contributed by atoms with Gasteiger partial charge < -0.3 is 34.1 Å².